The first-order chi connectivity index (χ1) is 15.4. The lowest BCUT2D eigenvalue weighted by Gasteiger charge is -2.22. The molecule has 0 aliphatic carbocycles. The number of hydrogen-bond donors (Lipinski definition) is 0. The van der Waals surface area contributed by atoms with E-state index >= 15 is 0 Å². The molecule has 0 N–H and O–H groups in total. The van der Waals surface area contributed by atoms with Crippen LogP contribution < -0.4 is 15.1 Å². The number of carbonyl (C=O) groups is 1. The van der Waals surface area contributed by atoms with Crippen molar-refractivity contribution < 1.29 is 13.9 Å². The average molecular weight is 448 g/mol. The van der Waals surface area contributed by atoms with Gasteiger partial charge in [0, 0.05) is 0 Å². The fourth-order valence-corrected chi connectivity index (χ4v) is 4.75. The molecule has 5 rings (SSSR count). The predicted octanol–water partition coefficient (Wildman–Crippen LogP) is 4.72. The van der Waals surface area contributed by atoms with E-state index in [0.29, 0.717) is 28.3 Å². The molecule has 1 amide bonds. The van der Waals surface area contributed by atoms with Gasteiger partial charge in [-0.3, -0.25) is 14.5 Å². The number of benzene rings is 2. The summed E-state index contributed by atoms with van der Waals surface area (Å²) in [6.45, 7) is 8.19. The number of aryl methyl sites for hydroxylation is 3. The van der Waals surface area contributed by atoms with Crippen LogP contribution in [-0.2, 0) is 0 Å². The number of amides is 1. The van der Waals surface area contributed by atoms with E-state index in [1.165, 1.54) is 16.2 Å². The quantitative estimate of drug-likeness (QED) is 0.450. The second-order valence-electron chi connectivity index (χ2n) is 7.79. The van der Waals surface area contributed by atoms with Crippen LogP contribution in [0.2, 0.25) is 0 Å². The molecule has 3 heterocycles. The van der Waals surface area contributed by atoms with Gasteiger partial charge in [0.1, 0.15) is 16.3 Å². The molecule has 8 heteroatoms. The summed E-state index contributed by atoms with van der Waals surface area (Å²) in [4.78, 5) is 28.7. The number of anilines is 1. The zero-order valence-electron chi connectivity index (χ0n) is 18.1. The van der Waals surface area contributed by atoms with Crippen LogP contribution in [0.5, 0.6) is 5.75 Å². The summed E-state index contributed by atoms with van der Waals surface area (Å²) in [6.07, 6.45) is 0. The monoisotopic (exact) mass is 447 g/mol. The molecule has 2 aromatic carbocycles. The topological polar surface area (TPSA) is 85.5 Å². The molecule has 0 bridgehead atoms. The second kappa shape index (κ2) is 7.56. The number of ether oxygens (including phenoxy) is 1. The molecule has 0 radical (unpaired) electrons. The molecule has 7 nitrogen and oxygen atoms in total. The van der Waals surface area contributed by atoms with Crippen molar-refractivity contribution in [1.29, 1.82) is 0 Å². The van der Waals surface area contributed by atoms with E-state index in [9.17, 15) is 9.59 Å². The maximum atomic E-state index is 13.7. The third kappa shape index (κ3) is 3.10. The van der Waals surface area contributed by atoms with Gasteiger partial charge in [0.2, 0.25) is 10.9 Å². The summed E-state index contributed by atoms with van der Waals surface area (Å²) < 4.78 is 11.6. The van der Waals surface area contributed by atoms with E-state index in [1.54, 1.807) is 0 Å². The summed E-state index contributed by atoms with van der Waals surface area (Å²) in [6, 6.07) is 10.4. The van der Waals surface area contributed by atoms with Crippen LogP contribution in [0.1, 0.15) is 50.8 Å². The number of carbonyl (C=O) groups excluding carboxylic acids is 1. The zero-order chi connectivity index (χ0) is 22.6. The lowest BCUT2D eigenvalue weighted by atomic mass is 9.97. The van der Waals surface area contributed by atoms with E-state index in [0.717, 1.165) is 27.4 Å². The minimum Gasteiger partial charge on any atom is -0.494 e. The van der Waals surface area contributed by atoms with E-state index in [-0.39, 0.29) is 11.2 Å². The van der Waals surface area contributed by atoms with Crippen molar-refractivity contribution in [3.8, 4) is 5.75 Å². The van der Waals surface area contributed by atoms with Crippen LogP contribution in [0.25, 0.3) is 11.0 Å². The normalized spacial score (nSPS) is 15.4. The molecule has 0 fully saturated rings. The minimum atomic E-state index is -0.664. The smallest absolute Gasteiger partial charge is 0.297 e. The Kier molecular flexibility index (Phi) is 4.82. The van der Waals surface area contributed by atoms with Crippen molar-refractivity contribution in [3.63, 3.8) is 0 Å². The molecule has 0 spiro atoms. The highest BCUT2D eigenvalue weighted by atomic mass is 32.1. The molecule has 0 saturated carbocycles. The molecular weight excluding hydrogens is 426 g/mol. The number of nitrogens with zero attached hydrogens (tertiary/aromatic N) is 3. The number of hydrogen-bond acceptors (Lipinski definition) is 7. The van der Waals surface area contributed by atoms with Crippen LogP contribution in [0.15, 0.2) is 45.6 Å². The van der Waals surface area contributed by atoms with Crippen molar-refractivity contribution in [2.45, 2.75) is 33.7 Å². The molecule has 1 aliphatic heterocycles. The first-order valence-corrected chi connectivity index (χ1v) is 11.1. The Morgan fingerprint density at radius 2 is 1.78 bits per heavy atom. The van der Waals surface area contributed by atoms with Gasteiger partial charge < -0.3 is 9.15 Å². The third-order valence-electron chi connectivity index (χ3n) is 5.71. The van der Waals surface area contributed by atoms with Crippen LogP contribution in [0.3, 0.4) is 0 Å². The van der Waals surface area contributed by atoms with Gasteiger partial charge in [0.25, 0.3) is 5.91 Å². The molecule has 1 aliphatic rings. The lowest BCUT2D eigenvalue weighted by Crippen LogP contribution is -2.29. The fraction of sp³-hybridized carbons (Fsp3) is 0.250. The molecule has 2 aromatic heterocycles. The molecule has 1 atom stereocenters. The third-order valence-corrected chi connectivity index (χ3v) is 6.55. The average Bonchev–Trinajstić information content (AvgIpc) is 3.32. The summed E-state index contributed by atoms with van der Waals surface area (Å²) in [5, 5.41) is 9.87. The Morgan fingerprint density at radius 1 is 1.06 bits per heavy atom. The predicted molar refractivity (Wildman–Crippen MR) is 123 cm³/mol. The Balaban J connectivity index is 1.77. The van der Waals surface area contributed by atoms with E-state index in [2.05, 4.69) is 10.2 Å². The van der Waals surface area contributed by atoms with Crippen molar-refractivity contribution in [1.82, 2.24) is 10.2 Å². The largest absolute Gasteiger partial charge is 0.494 e. The zero-order valence-corrected chi connectivity index (χ0v) is 18.9. The van der Waals surface area contributed by atoms with Crippen LogP contribution in [0, 0.1) is 20.8 Å². The fourth-order valence-electron chi connectivity index (χ4n) is 4.04. The van der Waals surface area contributed by atoms with E-state index in [4.69, 9.17) is 9.15 Å². The van der Waals surface area contributed by atoms with Gasteiger partial charge in [0.05, 0.1) is 23.6 Å². The summed E-state index contributed by atoms with van der Waals surface area (Å²) >= 11 is 1.30. The van der Waals surface area contributed by atoms with Gasteiger partial charge in [-0.2, -0.15) is 0 Å². The highest BCUT2D eigenvalue weighted by molar-refractivity contribution is 7.15. The number of fused-ring (bicyclic) bond motifs is 2. The molecule has 162 valence electrons. The number of aromatic nitrogens is 2. The van der Waals surface area contributed by atoms with Crippen molar-refractivity contribution in [2.24, 2.45) is 0 Å². The van der Waals surface area contributed by atoms with Crippen molar-refractivity contribution in [2.75, 3.05) is 11.5 Å². The molecule has 32 heavy (non-hydrogen) atoms. The number of rotatable bonds is 4. The molecule has 4 aromatic rings. The van der Waals surface area contributed by atoms with Gasteiger partial charge in [-0.25, -0.2) is 0 Å². The minimum absolute atomic E-state index is 0.0532. The standard InChI is InChI=1S/C24H21N3O4S/c1-5-30-16-8-6-15(7-9-16)20-19-21(28)17-10-12(2)13(3)11-18(17)31-22(19)23(29)27(20)24-26-25-14(4)32-24/h6-11,20H,5H2,1-4H3. The lowest BCUT2D eigenvalue weighted by molar-refractivity contribution is 0.0970. The van der Waals surface area contributed by atoms with Crippen LogP contribution in [-0.4, -0.2) is 22.7 Å². The van der Waals surface area contributed by atoms with Gasteiger partial charge >= 0.3 is 0 Å². The Morgan fingerprint density at radius 3 is 2.44 bits per heavy atom. The van der Waals surface area contributed by atoms with Gasteiger partial charge in [-0.05, 0) is 68.7 Å². The summed E-state index contributed by atoms with van der Waals surface area (Å²) in [5.41, 5.74) is 3.27. The first kappa shape index (κ1) is 20.4. The summed E-state index contributed by atoms with van der Waals surface area (Å²) in [5.74, 6) is 0.375. The summed E-state index contributed by atoms with van der Waals surface area (Å²) in [7, 11) is 0. The molecule has 0 saturated heterocycles. The maximum Gasteiger partial charge on any atom is 0.297 e. The van der Waals surface area contributed by atoms with Crippen molar-refractivity contribution >= 4 is 33.3 Å². The molecule has 1 unspecified atom stereocenters. The van der Waals surface area contributed by atoms with Gasteiger partial charge in [-0.1, -0.05) is 23.5 Å². The highest BCUT2D eigenvalue weighted by Crippen LogP contribution is 2.42. The highest BCUT2D eigenvalue weighted by Gasteiger charge is 2.45. The van der Waals surface area contributed by atoms with Crippen LogP contribution >= 0.6 is 11.3 Å². The van der Waals surface area contributed by atoms with Crippen molar-refractivity contribution in [3.05, 3.63) is 79.6 Å². The van der Waals surface area contributed by atoms with Gasteiger partial charge in [0.15, 0.2) is 5.43 Å². The first-order valence-electron chi connectivity index (χ1n) is 10.3. The van der Waals surface area contributed by atoms with E-state index < -0.39 is 11.9 Å². The SMILES string of the molecule is CCOc1ccc(C2c3c(oc4cc(C)c(C)cc4c3=O)C(=O)N2c2nnc(C)s2)cc1. The Bertz CT molecular complexity index is 1420. The second-order valence-corrected chi connectivity index (χ2v) is 8.95. The molecular formula is C24H21N3O4S. The van der Waals surface area contributed by atoms with Crippen LogP contribution in [0.4, 0.5) is 5.13 Å². The van der Waals surface area contributed by atoms with Gasteiger partial charge in [-0.15, -0.1) is 10.2 Å². The van der Waals surface area contributed by atoms with E-state index in [1.807, 2.05) is 64.1 Å². The Labute approximate surface area is 188 Å². The Hall–Kier alpha value is -3.52. The maximum absolute atomic E-state index is 13.7.